The molecular weight excluding hydrogens is 290 g/mol. The summed E-state index contributed by atoms with van der Waals surface area (Å²) in [4.78, 5) is 14.9. The zero-order chi connectivity index (χ0) is 16.2. The van der Waals surface area contributed by atoms with E-state index in [9.17, 15) is 4.79 Å². The van der Waals surface area contributed by atoms with Crippen molar-refractivity contribution >= 4 is 23.1 Å². The van der Waals surface area contributed by atoms with Crippen LogP contribution in [0, 0.1) is 5.92 Å². The number of ether oxygens (including phenoxy) is 1. The van der Waals surface area contributed by atoms with Crippen LogP contribution in [0.5, 0.6) is 5.75 Å². The Morgan fingerprint density at radius 2 is 2.00 bits per heavy atom. The molecule has 5 nitrogen and oxygen atoms in total. The second-order valence-corrected chi connectivity index (χ2v) is 5.78. The van der Waals surface area contributed by atoms with Gasteiger partial charge in [0, 0.05) is 17.4 Å². The van der Waals surface area contributed by atoms with Crippen LogP contribution in [0.2, 0.25) is 0 Å². The molecule has 1 amide bonds. The summed E-state index contributed by atoms with van der Waals surface area (Å²) in [5, 5.41) is 2.63. The molecule has 1 aromatic heterocycles. The number of rotatable bonds is 6. The lowest BCUT2D eigenvalue weighted by Gasteiger charge is -2.09. The maximum atomic E-state index is 10.5. The summed E-state index contributed by atoms with van der Waals surface area (Å²) in [6.45, 7) is 4.93. The number of nitrogens with zero attached hydrogens (tertiary/aromatic N) is 2. The first-order chi connectivity index (χ1) is 11.2. The molecule has 0 aliphatic carbocycles. The van der Waals surface area contributed by atoms with Gasteiger partial charge in [-0.15, -0.1) is 0 Å². The number of hydrogen-bond donors (Lipinski definition) is 1. The molecule has 23 heavy (non-hydrogen) atoms. The van der Waals surface area contributed by atoms with E-state index in [0.717, 1.165) is 28.2 Å². The van der Waals surface area contributed by atoms with Gasteiger partial charge in [-0.1, -0.05) is 13.8 Å². The number of aromatic nitrogens is 2. The molecular formula is C18H19N3O2. The van der Waals surface area contributed by atoms with Gasteiger partial charge >= 0.3 is 0 Å². The fourth-order valence-corrected chi connectivity index (χ4v) is 2.34. The number of imidazole rings is 1. The highest BCUT2D eigenvalue weighted by atomic mass is 16.5. The minimum atomic E-state index is 0.488. The van der Waals surface area contributed by atoms with Gasteiger partial charge in [0.15, 0.2) is 0 Å². The fraction of sp³-hybridized carbons (Fsp3) is 0.222. The second-order valence-electron chi connectivity index (χ2n) is 5.78. The molecule has 3 aromatic rings. The Morgan fingerprint density at radius 3 is 2.70 bits per heavy atom. The van der Waals surface area contributed by atoms with Gasteiger partial charge in [0.05, 0.1) is 17.6 Å². The maximum absolute atomic E-state index is 10.5. The molecule has 118 valence electrons. The van der Waals surface area contributed by atoms with Gasteiger partial charge in [-0.2, -0.15) is 0 Å². The van der Waals surface area contributed by atoms with Crippen LogP contribution in [0.15, 0.2) is 48.8 Å². The SMILES string of the molecule is CC(C)COc1ccc2c(c1)ncn2-c1ccc(NC=O)cc1. The lowest BCUT2D eigenvalue weighted by Crippen LogP contribution is -2.04. The standard InChI is InChI=1S/C18H19N3O2/c1-13(2)10-23-16-7-8-18-17(9-16)19-11-21(18)15-5-3-14(4-6-15)20-12-22/h3-9,11-13H,10H2,1-2H3,(H,20,22). The maximum Gasteiger partial charge on any atom is 0.211 e. The Labute approximate surface area is 134 Å². The predicted octanol–water partition coefficient (Wildman–Crippen LogP) is 3.63. The van der Waals surface area contributed by atoms with E-state index < -0.39 is 0 Å². The Morgan fingerprint density at radius 1 is 1.22 bits per heavy atom. The number of benzene rings is 2. The second kappa shape index (κ2) is 6.52. The van der Waals surface area contributed by atoms with Crippen LogP contribution < -0.4 is 10.1 Å². The number of carbonyl (C=O) groups is 1. The highest BCUT2D eigenvalue weighted by molar-refractivity contribution is 5.79. The molecule has 1 N–H and O–H groups in total. The predicted molar refractivity (Wildman–Crippen MR) is 91.1 cm³/mol. The molecule has 0 unspecified atom stereocenters. The van der Waals surface area contributed by atoms with E-state index >= 15 is 0 Å². The molecule has 0 aliphatic rings. The third-order valence-electron chi connectivity index (χ3n) is 3.47. The molecule has 0 fully saturated rings. The Bertz CT molecular complexity index is 807. The van der Waals surface area contributed by atoms with Gasteiger partial charge in [-0.3, -0.25) is 9.36 Å². The van der Waals surface area contributed by atoms with Crippen LogP contribution in [0.1, 0.15) is 13.8 Å². The number of anilines is 1. The summed E-state index contributed by atoms with van der Waals surface area (Å²) in [5.74, 6) is 1.32. The van der Waals surface area contributed by atoms with Gasteiger partial charge in [-0.05, 0) is 42.3 Å². The van der Waals surface area contributed by atoms with Gasteiger partial charge < -0.3 is 10.1 Å². The topological polar surface area (TPSA) is 56.1 Å². The van der Waals surface area contributed by atoms with Gasteiger partial charge in [0.2, 0.25) is 6.41 Å². The largest absolute Gasteiger partial charge is 0.493 e. The van der Waals surface area contributed by atoms with E-state index in [2.05, 4.69) is 24.1 Å². The Hall–Kier alpha value is -2.82. The molecule has 3 rings (SSSR count). The van der Waals surface area contributed by atoms with Gasteiger partial charge in [0.25, 0.3) is 0 Å². The molecule has 0 aliphatic heterocycles. The van der Waals surface area contributed by atoms with Crippen LogP contribution in [0.25, 0.3) is 16.7 Å². The summed E-state index contributed by atoms with van der Waals surface area (Å²) in [6, 6.07) is 13.5. The molecule has 0 saturated carbocycles. The number of amides is 1. The van der Waals surface area contributed by atoms with Crippen molar-refractivity contribution in [3.8, 4) is 11.4 Å². The van der Waals surface area contributed by atoms with Crippen LogP contribution in [0.4, 0.5) is 5.69 Å². The van der Waals surface area contributed by atoms with E-state index in [1.807, 2.05) is 47.0 Å². The Kier molecular flexibility index (Phi) is 4.28. The van der Waals surface area contributed by atoms with Crippen molar-refractivity contribution in [2.75, 3.05) is 11.9 Å². The van der Waals surface area contributed by atoms with Crippen molar-refractivity contribution < 1.29 is 9.53 Å². The third-order valence-corrected chi connectivity index (χ3v) is 3.47. The highest BCUT2D eigenvalue weighted by Crippen LogP contribution is 2.23. The molecule has 0 spiro atoms. The van der Waals surface area contributed by atoms with Crippen molar-refractivity contribution in [1.82, 2.24) is 9.55 Å². The number of nitrogens with one attached hydrogen (secondary N) is 1. The zero-order valence-electron chi connectivity index (χ0n) is 13.2. The number of hydrogen-bond acceptors (Lipinski definition) is 3. The quantitative estimate of drug-likeness (QED) is 0.707. The van der Waals surface area contributed by atoms with Crippen LogP contribution in [0.3, 0.4) is 0 Å². The summed E-state index contributed by atoms with van der Waals surface area (Å²) >= 11 is 0. The summed E-state index contributed by atoms with van der Waals surface area (Å²) < 4.78 is 7.75. The van der Waals surface area contributed by atoms with Crippen molar-refractivity contribution in [1.29, 1.82) is 0 Å². The van der Waals surface area contributed by atoms with E-state index in [1.165, 1.54) is 0 Å². The van der Waals surface area contributed by atoms with Crippen molar-refractivity contribution in [2.24, 2.45) is 5.92 Å². The summed E-state index contributed by atoms with van der Waals surface area (Å²) in [5.41, 5.74) is 3.65. The van der Waals surface area contributed by atoms with Crippen molar-refractivity contribution in [3.63, 3.8) is 0 Å². The van der Waals surface area contributed by atoms with Gasteiger partial charge in [-0.25, -0.2) is 4.98 Å². The third kappa shape index (κ3) is 3.34. The van der Waals surface area contributed by atoms with Crippen molar-refractivity contribution in [2.45, 2.75) is 13.8 Å². The lowest BCUT2D eigenvalue weighted by atomic mass is 10.2. The number of carbonyl (C=O) groups excluding carboxylic acids is 1. The van der Waals surface area contributed by atoms with E-state index in [-0.39, 0.29) is 0 Å². The van der Waals surface area contributed by atoms with Gasteiger partial charge in [0.1, 0.15) is 12.1 Å². The van der Waals surface area contributed by atoms with E-state index in [4.69, 9.17) is 4.74 Å². The molecule has 2 aromatic carbocycles. The minimum absolute atomic E-state index is 0.488. The molecule has 1 heterocycles. The highest BCUT2D eigenvalue weighted by Gasteiger charge is 2.07. The molecule has 0 bridgehead atoms. The smallest absolute Gasteiger partial charge is 0.211 e. The first-order valence-corrected chi connectivity index (χ1v) is 7.58. The first kappa shape index (κ1) is 15.1. The molecule has 5 heteroatoms. The van der Waals surface area contributed by atoms with Crippen LogP contribution in [-0.2, 0) is 4.79 Å². The van der Waals surface area contributed by atoms with Crippen LogP contribution in [-0.4, -0.2) is 22.6 Å². The Balaban J connectivity index is 1.88. The van der Waals surface area contributed by atoms with Crippen molar-refractivity contribution in [3.05, 3.63) is 48.8 Å². The van der Waals surface area contributed by atoms with Crippen LogP contribution >= 0.6 is 0 Å². The molecule has 0 radical (unpaired) electrons. The molecule has 0 saturated heterocycles. The summed E-state index contributed by atoms with van der Waals surface area (Å²) in [6.07, 6.45) is 2.46. The average Bonchev–Trinajstić information content (AvgIpc) is 2.97. The lowest BCUT2D eigenvalue weighted by molar-refractivity contribution is -0.105. The first-order valence-electron chi connectivity index (χ1n) is 7.58. The normalized spacial score (nSPS) is 10.9. The average molecular weight is 309 g/mol. The fourth-order valence-electron chi connectivity index (χ4n) is 2.34. The van der Waals surface area contributed by atoms with E-state index in [0.29, 0.717) is 18.9 Å². The number of fused-ring (bicyclic) bond motifs is 1. The zero-order valence-corrected chi connectivity index (χ0v) is 13.2. The summed E-state index contributed by atoms with van der Waals surface area (Å²) in [7, 11) is 0. The monoisotopic (exact) mass is 309 g/mol. The van der Waals surface area contributed by atoms with E-state index in [1.54, 1.807) is 6.33 Å². The molecule has 0 atom stereocenters. The minimum Gasteiger partial charge on any atom is -0.493 e.